The number of rotatable bonds is 12. The lowest BCUT2D eigenvalue weighted by Gasteiger charge is -2.20. The van der Waals surface area contributed by atoms with Crippen LogP contribution in [0.5, 0.6) is 0 Å². The van der Waals surface area contributed by atoms with Gasteiger partial charge in [0.05, 0.1) is 0 Å². The van der Waals surface area contributed by atoms with Crippen molar-refractivity contribution in [1.82, 2.24) is 0 Å². The van der Waals surface area contributed by atoms with Crippen LogP contribution >= 0.6 is 0 Å². The smallest absolute Gasteiger partial charge is 0.229 e. The summed E-state index contributed by atoms with van der Waals surface area (Å²) in [4.78, 5) is 20.3. The SMILES string of the molecule is CCCCC(C[N+](=O)[O-])OC(CCCC)C[N+](=O)[O-]. The summed E-state index contributed by atoms with van der Waals surface area (Å²) in [5.41, 5.74) is 0. The van der Waals surface area contributed by atoms with Crippen LogP contribution in [-0.4, -0.2) is 35.1 Å². The predicted octanol–water partition coefficient (Wildman–Crippen LogP) is 2.67. The van der Waals surface area contributed by atoms with Crippen molar-refractivity contribution in [2.45, 2.75) is 64.6 Å². The quantitative estimate of drug-likeness (QED) is 0.403. The number of hydrogen-bond donors (Lipinski definition) is 0. The van der Waals surface area contributed by atoms with Gasteiger partial charge >= 0.3 is 0 Å². The van der Waals surface area contributed by atoms with Gasteiger partial charge < -0.3 is 4.74 Å². The molecule has 7 nitrogen and oxygen atoms in total. The van der Waals surface area contributed by atoms with Crippen LogP contribution in [0.3, 0.4) is 0 Å². The number of nitro groups is 2. The minimum atomic E-state index is -0.517. The van der Waals surface area contributed by atoms with Crippen molar-refractivity contribution in [3.05, 3.63) is 20.2 Å². The lowest BCUT2D eigenvalue weighted by atomic mass is 10.1. The minimum Gasteiger partial charge on any atom is -0.361 e. The maximum Gasteiger partial charge on any atom is 0.229 e. The average molecular weight is 276 g/mol. The molecule has 0 saturated carbocycles. The predicted molar refractivity (Wildman–Crippen MR) is 71.4 cm³/mol. The summed E-state index contributed by atoms with van der Waals surface area (Å²) in [6, 6.07) is 0. The van der Waals surface area contributed by atoms with Crippen LogP contribution in [0.4, 0.5) is 0 Å². The van der Waals surface area contributed by atoms with E-state index in [1.807, 2.05) is 13.8 Å². The molecule has 0 heterocycles. The zero-order valence-corrected chi connectivity index (χ0v) is 11.7. The minimum absolute atomic E-state index is 0.277. The Morgan fingerprint density at radius 3 is 1.53 bits per heavy atom. The molecule has 0 N–H and O–H groups in total. The molecule has 0 amide bonds. The van der Waals surface area contributed by atoms with Gasteiger partial charge in [0.25, 0.3) is 0 Å². The van der Waals surface area contributed by atoms with Gasteiger partial charge in [0.15, 0.2) is 0 Å². The summed E-state index contributed by atoms with van der Waals surface area (Å²) in [6.45, 7) is 3.43. The maximum absolute atomic E-state index is 10.6. The fourth-order valence-electron chi connectivity index (χ4n) is 1.87. The summed E-state index contributed by atoms with van der Waals surface area (Å²) in [7, 11) is 0. The van der Waals surface area contributed by atoms with Crippen molar-refractivity contribution in [3.63, 3.8) is 0 Å². The van der Waals surface area contributed by atoms with E-state index in [4.69, 9.17) is 4.74 Å². The molecule has 0 aromatic carbocycles. The standard InChI is InChI=1S/C12H24N2O5/c1-3-5-7-11(9-13(15)16)19-12(8-6-4-2)10-14(17)18/h11-12H,3-10H2,1-2H3. The number of nitrogens with zero attached hydrogens (tertiary/aromatic N) is 2. The second-order valence-electron chi connectivity index (χ2n) is 4.70. The summed E-state index contributed by atoms with van der Waals surface area (Å²) in [6.07, 6.45) is 3.64. The Labute approximate surface area is 113 Å². The van der Waals surface area contributed by atoms with Gasteiger partial charge in [-0.1, -0.05) is 39.5 Å². The molecule has 2 atom stereocenters. The van der Waals surface area contributed by atoms with E-state index < -0.39 is 22.1 Å². The Morgan fingerprint density at radius 2 is 1.26 bits per heavy atom. The Morgan fingerprint density at radius 1 is 0.895 bits per heavy atom. The summed E-state index contributed by atoms with van der Waals surface area (Å²) in [5.74, 6) is 0. The third kappa shape index (κ3) is 10.4. The molecule has 19 heavy (non-hydrogen) atoms. The molecule has 0 aliphatic carbocycles. The average Bonchev–Trinajstić information content (AvgIpc) is 2.31. The van der Waals surface area contributed by atoms with Gasteiger partial charge in [-0.2, -0.15) is 0 Å². The van der Waals surface area contributed by atoms with Crippen molar-refractivity contribution in [2.24, 2.45) is 0 Å². The van der Waals surface area contributed by atoms with Gasteiger partial charge in [0, 0.05) is 9.85 Å². The highest BCUT2D eigenvalue weighted by Crippen LogP contribution is 2.13. The molecule has 112 valence electrons. The maximum atomic E-state index is 10.6. The summed E-state index contributed by atoms with van der Waals surface area (Å²) < 4.78 is 5.59. The molecule has 0 saturated heterocycles. The Balaban J connectivity index is 4.41. The molecule has 0 bridgehead atoms. The van der Waals surface area contributed by atoms with Gasteiger partial charge in [0.1, 0.15) is 12.2 Å². The first-order chi connectivity index (χ1) is 8.99. The second-order valence-corrected chi connectivity index (χ2v) is 4.70. The van der Waals surface area contributed by atoms with Gasteiger partial charge in [0.2, 0.25) is 13.1 Å². The van der Waals surface area contributed by atoms with Crippen LogP contribution in [0, 0.1) is 20.2 Å². The molecular weight excluding hydrogens is 252 g/mol. The van der Waals surface area contributed by atoms with Crippen LogP contribution < -0.4 is 0 Å². The molecule has 0 aromatic heterocycles. The van der Waals surface area contributed by atoms with Crippen molar-refractivity contribution >= 4 is 0 Å². The van der Waals surface area contributed by atoms with E-state index >= 15 is 0 Å². The van der Waals surface area contributed by atoms with E-state index in [2.05, 4.69) is 0 Å². The fraction of sp³-hybridized carbons (Fsp3) is 1.00. The summed E-state index contributed by atoms with van der Waals surface area (Å²) in [5, 5.41) is 21.2. The molecule has 7 heteroatoms. The Bertz CT molecular complexity index is 247. The van der Waals surface area contributed by atoms with Gasteiger partial charge in [-0.25, -0.2) is 0 Å². The van der Waals surface area contributed by atoms with Gasteiger partial charge in [-0.05, 0) is 12.8 Å². The number of hydrogen-bond acceptors (Lipinski definition) is 5. The lowest BCUT2D eigenvalue weighted by molar-refractivity contribution is -0.506. The third-order valence-corrected chi connectivity index (χ3v) is 2.85. The van der Waals surface area contributed by atoms with E-state index in [0.29, 0.717) is 12.8 Å². The molecule has 0 spiro atoms. The van der Waals surface area contributed by atoms with Gasteiger partial charge in [-0.15, -0.1) is 0 Å². The van der Waals surface area contributed by atoms with E-state index in [1.165, 1.54) is 0 Å². The largest absolute Gasteiger partial charge is 0.361 e. The van der Waals surface area contributed by atoms with Crippen molar-refractivity contribution in [3.8, 4) is 0 Å². The molecule has 0 rings (SSSR count). The molecule has 0 aliphatic heterocycles. The molecule has 2 unspecified atom stereocenters. The highest BCUT2D eigenvalue weighted by molar-refractivity contribution is 4.63. The van der Waals surface area contributed by atoms with Crippen LogP contribution in [0.15, 0.2) is 0 Å². The molecule has 0 fully saturated rings. The van der Waals surface area contributed by atoms with E-state index in [1.54, 1.807) is 0 Å². The molecule has 0 aliphatic rings. The Kier molecular flexibility index (Phi) is 9.97. The van der Waals surface area contributed by atoms with E-state index in [0.717, 1.165) is 25.7 Å². The fourth-order valence-corrected chi connectivity index (χ4v) is 1.87. The first-order valence-corrected chi connectivity index (χ1v) is 6.88. The van der Waals surface area contributed by atoms with Crippen molar-refractivity contribution in [1.29, 1.82) is 0 Å². The van der Waals surface area contributed by atoms with Crippen LogP contribution in [0.25, 0.3) is 0 Å². The first-order valence-electron chi connectivity index (χ1n) is 6.88. The second kappa shape index (κ2) is 10.7. The summed E-state index contributed by atoms with van der Waals surface area (Å²) >= 11 is 0. The molecule has 0 aromatic rings. The highest BCUT2D eigenvalue weighted by Gasteiger charge is 2.23. The van der Waals surface area contributed by atoms with Crippen molar-refractivity contribution < 1.29 is 14.6 Å². The monoisotopic (exact) mass is 276 g/mol. The first kappa shape index (κ1) is 17.8. The normalized spacial score (nSPS) is 14.0. The van der Waals surface area contributed by atoms with Crippen LogP contribution in [0.1, 0.15) is 52.4 Å². The van der Waals surface area contributed by atoms with Crippen molar-refractivity contribution in [2.75, 3.05) is 13.1 Å². The van der Waals surface area contributed by atoms with Crippen LogP contribution in [0.2, 0.25) is 0 Å². The number of unbranched alkanes of at least 4 members (excludes halogenated alkanes) is 2. The van der Waals surface area contributed by atoms with E-state index in [9.17, 15) is 20.2 Å². The topological polar surface area (TPSA) is 95.5 Å². The number of ether oxygens (including phenoxy) is 1. The molecule has 0 radical (unpaired) electrons. The van der Waals surface area contributed by atoms with Gasteiger partial charge in [-0.3, -0.25) is 20.2 Å². The zero-order chi connectivity index (χ0) is 14.7. The third-order valence-electron chi connectivity index (χ3n) is 2.85. The zero-order valence-electron chi connectivity index (χ0n) is 11.7. The Hall–Kier alpha value is -1.24. The molecular formula is C12H24N2O5. The lowest BCUT2D eigenvalue weighted by Crippen LogP contribution is -2.32. The van der Waals surface area contributed by atoms with Crippen LogP contribution in [-0.2, 0) is 4.74 Å². The van der Waals surface area contributed by atoms with E-state index in [-0.39, 0.29) is 13.1 Å². The highest BCUT2D eigenvalue weighted by atomic mass is 16.6.